The smallest absolute Gasteiger partial charge is 0.251 e. The molecule has 23 heavy (non-hydrogen) atoms. The van der Waals surface area contributed by atoms with E-state index in [0.29, 0.717) is 12.1 Å². The van der Waals surface area contributed by atoms with Gasteiger partial charge < -0.3 is 10.1 Å². The summed E-state index contributed by atoms with van der Waals surface area (Å²) in [6.07, 6.45) is 0.120. The van der Waals surface area contributed by atoms with E-state index in [1.54, 1.807) is 0 Å². The van der Waals surface area contributed by atoms with Crippen molar-refractivity contribution in [3.63, 3.8) is 0 Å². The molecule has 0 radical (unpaired) electrons. The molecule has 0 bridgehead atoms. The highest BCUT2D eigenvalue weighted by atomic mass is 16.5. The molecule has 1 aliphatic heterocycles. The van der Waals surface area contributed by atoms with E-state index in [4.69, 9.17) is 4.74 Å². The fraction of sp³-hybridized carbons (Fsp3) is 0.316. The zero-order valence-corrected chi connectivity index (χ0v) is 13.2. The van der Waals surface area contributed by atoms with Crippen LogP contribution in [0.25, 0.3) is 0 Å². The molecule has 1 heterocycles. The Balaban J connectivity index is 1.46. The highest BCUT2D eigenvalue weighted by Crippen LogP contribution is 2.21. The minimum Gasteiger partial charge on any atom is -0.371 e. The monoisotopic (exact) mass is 310 g/mol. The van der Waals surface area contributed by atoms with E-state index in [1.165, 1.54) is 5.56 Å². The summed E-state index contributed by atoms with van der Waals surface area (Å²) in [5, 5.41) is 2.98. The van der Waals surface area contributed by atoms with E-state index in [2.05, 4.69) is 22.3 Å². The van der Waals surface area contributed by atoms with Gasteiger partial charge in [-0.25, -0.2) is 0 Å². The zero-order valence-electron chi connectivity index (χ0n) is 13.2. The van der Waals surface area contributed by atoms with Gasteiger partial charge in [-0.3, -0.25) is 9.69 Å². The zero-order chi connectivity index (χ0) is 15.9. The number of carbonyl (C=O) groups excluding carboxylic acids is 1. The molecule has 4 nitrogen and oxygen atoms in total. The third-order valence-corrected chi connectivity index (χ3v) is 4.07. The van der Waals surface area contributed by atoms with Gasteiger partial charge in [0.05, 0.1) is 12.7 Å². The van der Waals surface area contributed by atoms with Crippen LogP contribution in [0.3, 0.4) is 0 Å². The van der Waals surface area contributed by atoms with Gasteiger partial charge in [-0.15, -0.1) is 0 Å². The van der Waals surface area contributed by atoms with Crippen molar-refractivity contribution in [3.05, 3.63) is 71.8 Å². The molecule has 1 N–H and O–H groups in total. The number of hydrogen-bond donors (Lipinski definition) is 1. The number of amides is 1. The van der Waals surface area contributed by atoms with E-state index in [9.17, 15) is 4.79 Å². The van der Waals surface area contributed by atoms with Crippen LogP contribution in [-0.2, 0) is 4.74 Å². The minimum absolute atomic E-state index is 0.0153. The topological polar surface area (TPSA) is 41.6 Å². The quantitative estimate of drug-likeness (QED) is 0.922. The fourth-order valence-corrected chi connectivity index (χ4v) is 2.79. The number of hydrogen-bond acceptors (Lipinski definition) is 3. The average molecular weight is 310 g/mol. The van der Waals surface area contributed by atoms with E-state index in [0.717, 1.165) is 26.2 Å². The van der Waals surface area contributed by atoms with Crippen molar-refractivity contribution < 1.29 is 9.53 Å². The molecule has 1 aliphatic rings. The number of carbonyl (C=O) groups is 1. The molecule has 4 heteroatoms. The summed E-state index contributed by atoms with van der Waals surface area (Å²) >= 11 is 0. The van der Waals surface area contributed by atoms with Gasteiger partial charge in [-0.05, 0) is 17.7 Å². The first-order chi connectivity index (χ1) is 11.3. The number of nitrogens with one attached hydrogen (secondary N) is 1. The first-order valence-corrected chi connectivity index (χ1v) is 8.05. The molecule has 0 spiro atoms. The first-order valence-electron chi connectivity index (χ1n) is 8.05. The Morgan fingerprint density at radius 2 is 1.78 bits per heavy atom. The van der Waals surface area contributed by atoms with Crippen LogP contribution in [0.15, 0.2) is 60.7 Å². The molecule has 0 unspecified atom stereocenters. The van der Waals surface area contributed by atoms with Crippen LogP contribution in [0.1, 0.15) is 22.0 Å². The second kappa shape index (κ2) is 7.90. The number of rotatable bonds is 5. The molecule has 120 valence electrons. The van der Waals surface area contributed by atoms with Crippen molar-refractivity contribution in [2.75, 3.05) is 32.8 Å². The van der Waals surface area contributed by atoms with Gasteiger partial charge in [0, 0.05) is 31.7 Å². The molecule has 1 atom stereocenters. The summed E-state index contributed by atoms with van der Waals surface area (Å²) in [5.74, 6) is -0.0153. The van der Waals surface area contributed by atoms with Crippen molar-refractivity contribution in [2.24, 2.45) is 0 Å². The predicted octanol–water partition coefficient (Wildman–Crippen LogP) is 2.49. The van der Waals surface area contributed by atoms with Crippen LogP contribution in [0, 0.1) is 0 Å². The number of ether oxygens (including phenoxy) is 1. The van der Waals surface area contributed by atoms with E-state index >= 15 is 0 Å². The van der Waals surface area contributed by atoms with Gasteiger partial charge in [-0.1, -0.05) is 48.5 Å². The van der Waals surface area contributed by atoms with Crippen LogP contribution >= 0.6 is 0 Å². The van der Waals surface area contributed by atoms with Gasteiger partial charge in [0.2, 0.25) is 0 Å². The van der Waals surface area contributed by atoms with Crippen molar-refractivity contribution in [1.82, 2.24) is 10.2 Å². The Bertz CT molecular complexity index is 616. The highest BCUT2D eigenvalue weighted by molar-refractivity contribution is 5.94. The fourth-order valence-electron chi connectivity index (χ4n) is 2.79. The summed E-state index contributed by atoms with van der Waals surface area (Å²) in [7, 11) is 0. The summed E-state index contributed by atoms with van der Waals surface area (Å²) in [5.41, 5.74) is 1.92. The lowest BCUT2D eigenvalue weighted by Crippen LogP contribution is -2.42. The lowest BCUT2D eigenvalue weighted by Gasteiger charge is -2.33. The molecule has 0 aliphatic carbocycles. The van der Waals surface area contributed by atoms with Crippen LogP contribution in [0.2, 0.25) is 0 Å². The highest BCUT2D eigenvalue weighted by Gasteiger charge is 2.21. The van der Waals surface area contributed by atoms with Gasteiger partial charge in [0.1, 0.15) is 0 Å². The van der Waals surface area contributed by atoms with Crippen LogP contribution in [0.4, 0.5) is 0 Å². The van der Waals surface area contributed by atoms with Crippen molar-refractivity contribution in [3.8, 4) is 0 Å². The Labute approximate surface area is 137 Å². The molecule has 2 aromatic carbocycles. The molecule has 1 fully saturated rings. The molecular formula is C19H22N2O2. The predicted molar refractivity (Wildman–Crippen MR) is 90.4 cm³/mol. The molecule has 0 aromatic heterocycles. The van der Waals surface area contributed by atoms with Crippen LogP contribution in [-0.4, -0.2) is 43.6 Å². The molecule has 2 aromatic rings. The molecule has 1 saturated heterocycles. The third-order valence-electron chi connectivity index (χ3n) is 4.07. The van der Waals surface area contributed by atoms with E-state index in [-0.39, 0.29) is 12.0 Å². The molecule has 1 amide bonds. The Morgan fingerprint density at radius 1 is 1.09 bits per heavy atom. The number of morpholine rings is 1. The van der Waals surface area contributed by atoms with Crippen molar-refractivity contribution in [1.29, 1.82) is 0 Å². The first kappa shape index (κ1) is 15.7. The number of benzene rings is 2. The number of nitrogens with zero attached hydrogens (tertiary/aromatic N) is 1. The van der Waals surface area contributed by atoms with Gasteiger partial charge in [0.25, 0.3) is 5.91 Å². The van der Waals surface area contributed by atoms with E-state index < -0.39 is 0 Å². The van der Waals surface area contributed by atoms with Crippen molar-refractivity contribution >= 4 is 5.91 Å². The van der Waals surface area contributed by atoms with Crippen molar-refractivity contribution in [2.45, 2.75) is 6.10 Å². The van der Waals surface area contributed by atoms with Gasteiger partial charge >= 0.3 is 0 Å². The maximum atomic E-state index is 12.0. The van der Waals surface area contributed by atoms with Crippen LogP contribution < -0.4 is 5.32 Å². The van der Waals surface area contributed by atoms with Gasteiger partial charge in [-0.2, -0.15) is 0 Å². The largest absolute Gasteiger partial charge is 0.371 e. The lowest BCUT2D eigenvalue weighted by atomic mass is 10.1. The maximum absolute atomic E-state index is 12.0. The molecular weight excluding hydrogens is 288 g/mol. The van der Waals surface area contributed by atoms with Crippen LogP contribution in [0.5, 0.6) is 0 Å². The second-order valence-corrected chi connectivity index (χ2v) is 5.69. The summed E-state index contributed by atoms with van der Waals surface area (Å²) in [6.45, 7) is 3.99. The Morgan fingerprint density at radius 3 is 2.52 bits per heavy atom. The minimum atomic E-state index is -0.0153. The molecule has 3 rings (SSSR count). The van der Waals surface area contributed by atoms with Gasteiger partial charge in [0.15, 0.2) is 0 Å². The second-order valence-electron chi connectivity index (χ2n) is 5.69. The average Bonchev–Trinajstić information content (AvgIpc) is 2.63. The summed E-state index contributed by atoms with van der Waals surface area (Å²) < 4.78 is 5.86. The Kier molecular flexibility index (Phi) is 5.40. The van der Waals surface area contributed by atoms with E-state index in [1.807, 2.05) is 48.5 Å². The standard InChI is InChI=1S/C19H22N2O2/c22-19(17-9-5-2-6-10-17)20-11-12-21-13-14-23-18(15-21)16-7-3-1-4-8-16/h1-10,18H,11-15H2,(H,20,22)/t18-/m1/s1. The summed E-state index contributed by atoms with van der Waals surface area (Å²) in [6, 6.07) is 19.6. The molecule has 0 saturated carbocycles. The maximum Gasteiger partial charge on any atom is 0.251 e. The lowest BCUT2D eigenvalue weighted by molar-refractivity contribution is -0.0293. The third kappa shape index (κ3) is 4.41. The SMILES string of the molecule is O=C(NCCN1CCO[C@@H](c2ccccc2)C1)c1ccccc1. The normalized spacial score (nSPS) is 18.5. The summed E-state index contributed by atoms with van der Waals surface area (Å²) in [4.78, 5) is 14.4. The Hall–Kier alpha value is -2.17.